The van der Waals surface area contributed by atoms with Gasteiger partial charge in [-0.15, -0.1) is 0 Å². The number of rotatable bonds is 3. The van der Waals surface area contributed by atoms with Crippen molar-refractivity contribution < 1.29 is 9.21 Å². The first kappa shape index (κ1) is 15.8. The van der Waals surface area contributed by atoms with Gasteiger partial charge in [0.25, 0.3) is 5.91 Å². The number of nitrogens with zero attached hydrogens (tertiary/aromatic N) is 1. The molecule has 0 radical (unpaired) electrons. The van der Waals surface area contributed by atoms with Crippen molar-refractivity contribution in [1.82, 2.24) is 9.88 Å². The third-order valence-corrected chi connectivity index (χ3v) is 4.84. The van der Waals surface area contributed by atoms with Crippen molar-refractivity contribution >= 4 is 17.0 Å². The number of likely N-dealkylation sites (tertiary alicyclic amines) is 1. The Morgan fingerprint density at radius 2 is 2.04 bits per heavy atom. The lowest BCUT2D eigenvalue weighted by atomic mass is 9.74. The molecule has 1 aromatic heterocycles. The van der Waals surface area contributed by atoms with Gasteiger partial charge < -0.3 is 9.32 Å². The minimum Gasteiger partial charge on any atom is -0.407 e. The van der Waals surface area contributed by atoms with Crippen LogP contribution < -0.4 is 5.76 Å². The fraction of sp³-hybridized carbons (Fsp3) is 0.556. The molecule has 2 aromatic rings. The number of hydrogen-bond donors (Lipinski definition) is 1. The van der Waals surface area contributed by atoms with E-state index in [1.807, 2.05) is 4.90 Å². The molecule has 1 N–H and O–H groups in total. The SMILES string of the molecule is CC(C)CC1(C)CCN(C(=O)c2cccc3[nH]c(=O)oc23)CC1. The number of benzene rings is 1. The molecule has 1 amide bonds. The number of carbonyl (C=O) groups excluding carboxylic acids is 1. The van der Waals surface area contributed by atoms with E-state index in [2.05, 4.69) is 25.8 Å². The average molecular weight is 316 g/mol. The zero-order valence-corrected chi connectivity index (χ0v) is 14.0. The number of nitrogens with one attached hydrogen (secondary N) is 1. The number of aromatic amines is 1. The lowest BCUT2D eigenvalue weighted by molar-refractivity contribution is 0.0571. The minimum atomic E-state index is -0.525. The van der Waals surface area contributed by atoms with Gasteiger partial charge in [-0.2, -0.15) is 0 Å². The number of hydrogen-bond acceptors (Lipinski definition) is 3. The monoisotopic (exact) mass is 316 g/mol. The Morgan fingerprint density at radius 1 is 1.35 bits per heavy atom. The van der Waals surface area contributed by atoms with Crippen LogP contribution in [-0.2, 0) is 0 Å². The van der Waals surface area contributed by atoms with Gasteiger partial charge in [-0.25, -0.2) is 4.79 Å². The lowest BCUT2D eigenvalue weighted by Gasteiger charge is -2.40. The molecule has 23 heavy (non-hydrogen) atoms. The van der Waals surface area contributed by atoms with Crippen molar-refractivity contribution in [2.24, 2.45) is 11.3 Å². The van der Waals surface area contributed by atoms with Gasteiger partial charge in [0, 0.05) is 13.1 Å². The molecule has 1 aliphatic rings. The van der Waals surface area contributed by atoms with Crippen LogP contribution in [0.3, 0.4) is 0 Å². The second-order valence-corrected chi connectivity index (χ2v) is 7.40. The third kappa shape index (κ3) is 3.19. The minimum absolute atomic E-state index is 0.0510. The van der Waals surface area contributed by atoms with Crippen LogP contribution >= 0.6 is 0 Å². The van der Waals surface area contributed by atoms with Crippen molar-refractivity contribution in [1.29, 1.82) is 0 Å². The molecule has 0 aliphatic carbocycles. The van der Waals surface area contributed by atoms with Gasteiger partial charge in [0.2, 0.25) is 0 Å². The Morgan fingerprint density at radius 3 is 2.70 bits per heavy atom. The summed E-state index contributed by atoms with van der Waals surface area (Å²) in [7, 11) is 0. The first-order chi connectivity index (χ1) is 10.9. The number of aromatic nitrogens is 1. The molecule has 0 spiro atoms. The van der Waals surface area contributed by atoms with E-state index < -0.39 is 5.76 Å². The molecule has 0 saturated carbocycles. The molecule has 5 heteroatoms. The van der Waals surface area contributed by atoms with E-state index in [0.29, 0.717) is 28.0 Å². The van der Waals surface area contributed by atoms with E-state index in [0.717, 1.165) is 25.9 Å². The Hall–Kier alpha value is -2.04. The molecule has 5 nitrogen and oxygen atoms in total. The van der Waals surface area contributed by atoms with Gasteiger partial charge in [0.1, 0.15) is 0 Å². The molecule has 1 aliphatic heterocycles. The molecule has 1 aromatic carbocycles. The van der Waals surface area contributed by atoms with Gasteiger partial charge in [0.15, 0.2) is 5.58 Å². The zero-order valence-electron chi connectivity index (χ0n) is 14.0. The maximum absolute atomic E-state index is 12.8. The number of carbonyl (C=O) groups is 1. The summed E-state index contributed by atoms with van der Waals surface area (Å²) < 4.78 is 5.15. The van der Waals surface area contributed by atoms with Crippen molar-refractivity contribution in [3.05, 3.63) is 34.3 Å². The molecular weight excluding hydrogens is 292 g/mol. The second kappa shape index (κ2) is 5.87. The normalized spacial score (nSPS) is 17.8. The zero-order chi connectivity index (χ0) is 16.6. The molecule has 0 bridgehead atoms. The van der Waals surface area contributed by atoms with Crippen molar-refractivity contribution in [3.8, 4) is 0 Å². The summed E-state index contributed by atoms with van der Waals surface area (Å²) in [4.78, 5) is 28.7. The third-order valence-electron chi connectivity index (χ3n) is 4.84. The van der Waals surface area contributed by atoms with Gasteiger partial charge in [0.05, 0.1) is 11.1 Å². The predicted molar refractivity (Wildman–Crippen MR) is 89.5 cm³/mol. The highest BCUT2D eigenvalue weighted by Gasteiger charge is 2.33. The summed E-state index contributed by atoms with van der Waals surface area (Å²) >= 11 is 0. The molecule has 3 rings (SSSR count). The number of fused-ring (bicyclic) bond motifs is 1. The molecular formula is C18H24N2O3. The quantitative estimate of drug-likeness (QED) is 0.943. The summed E-state index contributed by atoms with van der Waals surface area (Å²) in [5.41, 5.74) is 1.71. The summed E-state index contributed by atoms with van der Waals surface area (Å²) in [6, 6.07) is 5.24. The number of para-hydroxylation sites is 1. The molecule has 124 valence electrons. The highest BCUT2D eigenvalue weighted by Crippen LogP contribution is 2.37. The summed E-state index contributed by atoms with van der Waals surface area (Å²) in [5.74, 6) is 0.0958. The summed E-state index contributed by atoms with van der Waals surface area (Å²) in [6.45, 7) is 8.33. The van der Waals surface area contributed by atoms with Crippen LogP contribution in [0.4, 0.5) is 0 Å². The predicted octanol–water partition coefficient (Wildman–Crippen LogP) is 3.41. The number of oxazole rings is 1. The van der Waals surface area contributed by atoms with E-state index in [1.165, 1.54) is 6.42 Å². The van der Waals surface area contributed by atoms with Crippen molar-refractivity contribution in [3.63, 3.8) is 0 Å². The number of piperidine rings is 1. The van der Waals surface area contributed by atoms with Gasteiger partial charge in [-0.05, 0) is 42.7 Å². The van der Waals surface area contributed by atoms with Gasteiger partial charge in [-0.3, -0.25) is 9.78 Å². The van der Waals surface area contributed by atoms with Crippen molar-refractivity contribution in [2.45, 2.75) is 40.0 Å². The Kier molecular flexibility index (Phi) is 4.04. The first-order valence-electron chi connectivity index (χ1n) is 8.29. The lowest BCUT2D eigenvalue weighted by Crippen LogP contribution is -2.42. The van der Waals surface area contributed by atoms with E-state index in [4.69, 9.17) is 4.42 Å². The largest absolute Gasteiger partial charge is 0.417 e. The number of amides is 1. The van der Waals surface area contributed by atoms with Crippen LogP contribution in [0.5, 0.6) is 0 Å². The van der Waals surface area contributed by atoms with E-state index >= 15 is 0 Å². The number of H-pyrrole nitrogens is 1. The highest BCUT2D eigenvalue weighted by molar-refractivity contribution is 6.04. The Labute approximate surface area is 135 Å². The second-order valence-electron chi connectivity index (χ2n) is 7.40. The maximum Gasteiger partial charge on any atom is 0.417 e. The van der Waals surface area contributed by atoms with Crippen LogP contribution in [0.25, 0.3) is 11.1 Å². The average Bonchev–Trinajstić information content (AvgIpc) is 2.86. The van der Waals surface area contributed by atoms with Crippen molar-refractivity contribution in [2.75, 3.05) is 13.1 Å². The maximum atomic E-state index is 12.8. The first-order valence-corrected chi connectivity index (χ1v) is 8.29. The van der Waals surface area contributed by atoms with E-state index in [-0.39, 0.29) is 5.91 Å². The fourth-order valence-corrected chi connectivity index (χ4v) is 3.75. The van der Waals surface area contributed by atoms with Crippen LogP contribution in [0.1, 0.15) is 50.4 Å². The Balaban J connectivity index is 1.78. The standard InChI is InChI=1S/C18H24N2O3/c1-12(2)11-18(3)7-9-20(10-8-18)16(21)13-5-4-6-14-15(13)23-17(22)19-14/h4-6,12H,7-11H2,1-3H3,(H,19,22). The van der Waals surface area contributed by atoms with Gasteiger partial charge >= 0.3 is 5.76 Å². The Bertz CT molecular complexity index is 764. The van der Waals surface area contributed by atoms with Crippen LogP contribution in [0.2, 0.25) is 0 Å². The van der Waals surface area contributed by atoms with Crippen LogP contribution in [-0.4, -0.2) is 28.9 Å². The summed E-state index contributed by atoms with van der Waals surface area (Å²) in [5, 5.41) is 0. The van der Waals surface area contributed by atoms with Crippen LogP contribution in [0, 0.1) is 11.3 Å². The molecule has 1 fully saturated rings. The molecule has 0 atom stereocenters. The van der Waals surface area contributed by atoms with E-state index in [9.17, 15) is 9.59 Å². The molecule has 1 saturated heterocycles. The van der Waals surface area contributed by atoms with E-state index in [1.54, 1.807) is 18.2 Å². The molecule has 2 heterocycles. The summed E-state index contributed by atoms with van der Waals surface area (Å²) in [6.07, 6.45) is 3.23. The topological polar surface area (TPSA) is 66.3 Å². The highest BCUT2D eigenvalue weighted by atomic mass is 16.4. The molecule has 0 unspecified atom stereocenters. The smallest absolute Gasteiger partial charge is 0.407 e. The fourth-order valence-electron chi connectivity index (χ4n) is 3.75. The van der Waals surface area contributed by atoms with Crippen LogP contribution in [0.15, 0.2) is 27.4 Å². The van der Waals surface area contributed by atoms with Gasteiger partial charge in [-0.1, -0.05) is 26.8 Å².